The van der Waals surface area contributed by atoms with Crippen molar-refractivity contribution in [2.45, 2.75) is 12.8 Å². The van der Waals surface area contributed by atoms with Crippen molar-refractivity contribution in [2.24, 2.45) is 0 Å². The number of nitrogens with two attached hydrogens (primary N) is 1. The summed E-state index contributed by atoms with van der Waals surface area (Å²) in [4.78, 5) is 13.6. The molecule has 88 valence electrons. The first kappa shape index (κ1) is 12.5. The lowest BCUT2D eigenvalue weighted by Gasteiger charge is -2.09. The summed E-state index contributed by atoms with van der Waals surface area (Å²) in [6.45, 7) is 0.926. The van der Waals surface area contributed by atoms with Crippen LogP contribution in [0.2, 0.25) is 0 Å². The quantitative estimate of drug-likeness (QED) is 0.742. The van der Waals surface area contributed by atoms with Crippen LogP contribution in [-0.4, -0.2) is 31.4 Å². The van der Waals surface area contributed by atoms with Gasteiger partial charge in [-0.3, -0.25) is 4.79 Å². The van der Waals surface area contributed by atoms with Crippen LogP contribution >= 0.6 is 0 Å². The van der Waals surface area contributed by atoms with Crippen LogP contribution in [0, 0.1) is 0 Å². The fourth-order valence-corrected chi connectivity index (χ4v) is 1.35. The third-order valence-corrected chi connectivity index (χ3v) is 2.20. The molecular formula is C12H19N3O. The van der Waals surface area contributed by atoms with Gasteiger partial charge in [-0.1, -0.05) is 0 Å². The fraction of sp³-hybridized carbons (Fsp3) is 0.417. The summed E-state index contributed by atoms with van der Waals surface area (Å²) in [6, 6.07) is 7.16. The summed E-state index contributed by atoms with van der Waals surface area (Å²) in [5.74, 6) is 0.0478. The first-order valence-corrected chi connectivity index (χ1v) is 5.38. The molecule has 1 aromatic carbocycles. The standard InChI is InChI=1S/C12H19N3O/c1-15(2)9-3-4-12(16)14-11-7-5-10(13)6-8-11/h5-8H,3-4,9,13H2,1-2H3,(H,14,16). The number of hydrogen-bond acceptors (Lipinski definition) is 3. The number of nitrogens with zero attached hydrogens (tertiary/aromatic N) is 1. The highest BCUT2D eigenvalue weighted by molar-refractivity contribution is 5.90. The zero-order valence-corrected chi connectivity index (χ0v) is 9.86. The SMILES string of the molecule is CN(C)CCCC(=O)Nc1ccc(N)cc1. The molecule has 0 aliphatic rings. The lowest BCUT2D eigenvalue weighted by molar-refractivity contribution is -0.116. The smallest absolute Gasteiger partial charge is 0.224 e. The summed E-state index contributed by atoms with van der Waals surface area (Å²) < 4.78 is 0. The Kier molecular flexibility index (Phi) is 4.79. The number of anilines is 2. The minimum Gasteiger partial charge on any atom is -0.399 e. The topological polar surface area (TPSA) is 58.4 Å². The van der Waals surface area contributed by atoms with E-state index in [4.69, 9.17) is 5.73 Å². The number of nitrogens with one attached hydrogen (secondary N) is 1. The highest BCUT2D eigenvalue weighted by Gasteiger charge is 2.02. The molecule has 0 spiro atoms. The van der Waals surface area contributed by atoms with Crippen LogP contribution in [0.15, 0.2) is 24.3 Å². The molecule has 0 radical (unpaired) electrons. The first-order valence-electron chi connectivity index (χ1n) is 5.38. The lowest BCUT2D eigenvalue weighted by atomic mass is 10.2. The average molecular weight is 221 g/mol. The molecule has 4 nitrogen and oxygen atoms in total. The van der Waals surface area contributed by atoms with Crippen LogP contribution in [0.4, 0.5) is 11.4 Å². The number of hydrogen-bond donors (Lipinski definition) is 2. The highest BCUT2D eigenvalue weighted by Crippen LogP contribution is 2.10. The van der Waals surface area contributed by atoms with Gasteiger partial charge in [-0.2, -0.15) is 0 Å². The van der Waals surface area contributed by atoms with E-state index in [1.165, 1.54) is 0 Å². The normalized spacial score (nSPS) is 10.4. The second-order valence-corrected chi connectivity index (χ2v) is 4.08. The van der Waals surface area contributed by atoms with E-state index < -0.39 is 0 Å². The van der Waals surface area contributed by atoms with Gasteiger partial charge < -0.3 is 16.0 Å². The van der Waals surface area contributed by atoms with Crippen molar-refractivity contribution in [1.29, 1.82) is 0 Å². The molecule has 1 amide bonds. The van der Waals surface area contributed by atoms with E-state index in [1.54, 1.807) is 24.3 Å². The van der Waals surface area contributed by atoms with Gasteiger partial charge in [0.25, 0.3) is 0 Å². The minimum absolute atomic E-state index is 0.0478. The number of carbonyl (C=O) groups excluding carboxylic acids is 1. The average Bonchev–Trinajstić information content (AvgIpc) is 2.21. The summed E-state index contributed by atoms with van der Waals surface area (Å²) in [5.41, 5.74) is 7.05. The molecule has 0 fully saturated rings. The van der Waals surface area contributed by atoms with Gasteiger partial charge in [0, 0.05) is 17.8 Å². The van der Waals surface area contributed by atoms with Crippen molar-refractivity contribution in [1.82, 2.24) is 4.90 Å². The van der Waals surface area contributed by atoms with Crippen LogP contribution in [0.3, 0.4) is 0 Å². The third kappa shape index (κ3) is 4.79. The summed E-state index contributed by atoms with van der Waals surface area (Å²) >= 11 is 0. The maximum Gasteiger partial charge on any atom is 0.224 e. The van der Waals surface area contributed by atoms with E-state index in [9.17, 15) is 4.79 Å². The number of carbonyl (C=O) groups is 1. The summed E-state index contributed by atoms with van der Waals surface area (Å²) in [6.07, 6.45) is 1.41. The third-order valence-electron chi connectivity index (χ3n) is 2.20. The number of nitrogen functional groups attached to an aromatic ring is 1. The van der Waals surface area contributed by atoms with Crippen molar-refractivity contribution in [3.05, 3.63) is 24.3 Å². The molecule has 1 rings (SSSR count). The Morgan fingerprint density at radius 1 is 1.31 bits per heavy atom. The Morgan fingerprint density at radius 2 is 1.94 bits per heavy atom. The Bertz CT molecular complexity index is 333. The Labute approximate surface area is 96.4 Å². The molecule has 0 heterocycles. The Hall–Kier alpha value is -1.55. The summed E-state index contributed by atoms with van der Waals surface area (Å²) in [7, 11) is 4.00. The number of rotatable bonds is 5. The second kappa shape index (κ2) is 6.12. The molecule has 3 N–H and O–H groups in total. The van der Waals surface area contributed by atoms with E-state index in [0.29, 0.717) is 12.1 Å². The van der Waals surface area contributed by atoms with Gasteiger partial charge in [0.05, 0.1) is 0 Å². The molecule has 0 unspecified atom stereocenters. The predicted molar refractivity (Wildman–Crippen MR) is 67.3 cm³/mol. The molecule has 4 heteroatoms. The molecule has 16 heavy (non-hydrogen) atoms. The molecule has 1 aromatic rings. The minimum atomic E-state index is 0.0478. The lowest BCUT2D eigenvalue weighted by Crippen LogP contribution is -2.17. The van der Waals surface area contributed by atoms with Crippen molar-refractivity contribution in [3.8, 4) is 0 Å². The molecular weight excluding hydrogens is 202 g/mol. The number of amides is 1. The van der Waals surface area contributed by atoms with Gasteiger partial charge in [0.2, 0.25) is 5.91 Å². The van der Waals surface area contributed by atoms with Crippen LogP contribution in [0.5, 0.6) is 0 Å². The van der Waals surface area contributed by atoms with E-state index in [2.05, 4.69) is 10.2 Å². The van der Waals surface area contributed by atoms with E-state index in [1.807, 2.05) is 14.1 Å². The van der Waals surface area contributed by atoms with Crippen molar-refractivity contribution in [2.75, 3.05) is 31.7 Å². The van der Waals surface area contributed by atoms with Crippen LogP contribution in [-0.2, 0) is 4.79 Å². The van der Waals surface area contributed by atoms with Gasteiger partial charge in [0.1, 0.15) is 0 Å². The fourth-order valence-electron chi connectivity index (χ4n) is 1.35. The molecule has 0 aliphatic heterocycles. The maximum atomic E-state index is 11.5. The zero-order chi connectivity index (χ0) is 12.0. The van der Waals surface area contributed by atoms with Crippen molar-refractivity contribution >= 4 is 17.3 Å². The van der Waals surface area contributed by atoms with E-state index >= 15 is 0 Å². The van der Waals surface area contributed by atoms with Crippen molar-refractivity contribution < 1.29 is 4.79 Å². The molecule has 0 saturated heterocycles. The molecule has 0 saturated carbocycles. The molecule has 0 aromatic heterocycles. The van der Waals surface area contributed by atoms with Gasteiger partial charge in [0.15, 0.2) is 0 Å². The van der Waals surface area contributed by atoms with Crippen molar-refractivity contribution in [3.63, 3.8) is 0 Å². The van der Waals surface area contributed by atoms with Crippen LogP contribution in [0.25, 0.3) is 0 Å². The van der Waals surface area contributed by atoms with E-state index in [0.717, 1.165) is 18.7 Å². The van der Waals surface area contributed by atoms with Crippen LogP contribution < -0.4 is 11.1 Å². The monoisotopic (exact) mass is 221 g/mol. The first-order chi connectivity index (χ1) is 7.58. The Morgan fingerprint density at radius 3 is 2.50 bits per heavy atom. The predicted octanol–water partition coefficient (Wildman–Crippen LogP) is 1.55. The van der Waals surface area contributed by atoms with Gasteiger partial charge in [-0.05, 0) is 51.3 Å². The largest absolute Gasteiger partial charge is 0.399 e. The highest BCUT2D eigenvalue weighted by atomic mass is 16.1. The Balaban J connectivity index is 2.31. The second-order valence-electron chi connectivity index (χ2n) is 4.08. The van der Waals surface area contributed by atoms with E-state index in [-0.39, 0.29) is 5.91 Å². The van der Waals surface area contributed by atoms with Gasteiger partial charge in [-0.15, -0.1) is 0 Å². The number of benzene rings is 1. The molecule has 0 bridgehead atoms. The zero-order valence-electron chi connectivity index (χ0n) is 9.86. The van der Waals surface area contributed by atoms with Gasteiger partial charge in [-0.25, -0.2) is 0 Å². The molecule has 0 atom stereocenters. The van der Waals surface area contributed by atoms with Gasteiger partial charge >= 0.3 is 0 Å². The maximum absolute atomic E-state index is 11.5. The van der Waals surface area contributed by atoms with Crippen LogP contribution in [0.1, 0.15) is 12.8 Å². The molecule has 0 aliphatic carbocycles. The summed E-state index contributed by atoms with van der Waals surface area (Å²) in [5, 5.41) is 2.83.